The summed E-state index contributed by atoms with van der Waals surface area (Å²) in [5.74, 6) is 0. The van der Waals surface area contributed by atoms with Crippen LogP contribution in [0.25, 0.3) is 0 Å². The van der Waals surface area contributed by atoms with Crippen molar-refractivity contribution in [2.75, 3.05) is 0 Å². The summed E-state index contributed by atoms with van der Waals surface area (Å²) in [4.78, 5) is 0. The van der Waals surface area contributed by atoms with Gasteiger partial charge in [-0.05, 0) is 6.04 Å². The lowest BCUT2D eigenvalue weighted by Gasteiger charge is -1.84. The van der Waals surface area contributed by atoms with E-state index in [1.165, 1.54) is 0 Å². The highest BCUT2D eigenvalue weighted by atomic mass is 28.4. The minimum absolute atomic E-state index is 0.181. The van der Waals surface area contributed by atoms with Crippen LogP contribution in [-0.4, -0.2) is 9.46 Å². The standard InChI is InChI=1S/C3H8F2Si/c1-2-3-6(4)5/h6H,2-3H2,1H3. The predicted octanol–water partition coefficient (Wildman–Crippen LogP) is 1.56. The lowest BCUT2D eigenvalue weighted by atomic mass is 10.6. The molecule has 0 aromatic carbocycles. The van der Waals surface area contributed by atoms with Crippen LogP contribution in [0.2, 0.25) is 6.04 Å². The topological polar surface area (TPSA) is 0 Å². The third-order valence-electron chi connectivity index (χ3n) is 0.507. The molecule has 0 saturated heterocycles. The Labute approximate surface area is 38.1 Å². The summed E-state index contributed by atoms with van der Waals surface area (Å²) in [5, 5.41) is 0. The Morgan fingerprint density at radius 3 is 2.00 bits per heavy atom. The van der Waals surface area contributed by atoms with Gasteiger partial charge in [0, 0.05) is 0 Å². The highest BCUT2D eigenvalue weighted by molar-refractivity contribution is 6.42. The van der Waals surface area contributed by atoms with Crippen molar-refractivity contribution in [2.45, 2.75) is 19.4 Å². The normalized spacial score (nSPS) is 10.0. The monoisotopic (exact) mass is 110 g/mol. The van der Waals surface area contributed by atoms with Crippen molar-refractivity contribution in [1.82, 2.24) is 0 Å². The second-order valence-corrected chi connectivity index (χ2v) is 2.54. The van der Waals surface area contributed by atoms with Crippen molar-refractivity contribution in [3.05, 3.63) is 0 Å². The molecule has 0 atom stereocenters. The molecule has 0 aliphatic rings. The Balaban J connectivity index is 2.63. The largest absolute Gasteiger partial charge is 0.411 e. The Bertz CT molecular complexity index is 30.0. The third kappa shape index (κ3) is 4.08. The van der Waals surface area contributed by atoms with Gasteiger partial charge in [-0.3, -0.25) is 8.22 Å². The van der Waals surface area contributed by atoms with Gasteiger partial charge in [-0.1, -0.05) is 13.3 Å². The van der Waals surface area contributed by atoms with Crippen LogP contribution in [0.1, 0.15) is 13.3 Å². The van der Waals surface area contributed by atoms with Gasteiger partial charge in [-0.2, -0.15) is 0 Å². The molecule has 0 N–H and O–H groups in total. The smallest absolute Gasteiger partial charge is 0.275 e. The van der Waals surface area contributed by atoms with Crippen LogP contribution >= 0.6 is 0 Å². The first kappa shape index (κ1) is 6.08. The molecule has 0 fully saturated rings. The molecule has 0 unspecified atom stereocenters. The van der Waals surface area contributed by atoms with Gasteiger partial charge in [-0.25, -0.2) is 0 Å². The van der Waals surface area contributed by atoms with Crippen molar-refractivity contribution >= 4 is 9.46 Å². The minimum Gasteiger partial charge on any atom is -0.275 e. The first-order chi connectivity index (χ1) is 2.77. The summed E-state index contributed by atoms with van der Waals surface area (Å²) in [6.45, 7) is 1.78. The molecule has 38 valence electrons. The van der Waals surface area contributed by atoms with Gasteiger partial charge in [0.15, 0.2) is 0 Å². The van der Waals surface area contributed by atoms with Crippen molar-refractivity contribution in [2.24, 2.45) is 0 Å². The van der Waals surface area contributed by atoms with Crippen LogP contribution in [0.3, 0.4) is 0 Å². The first-order valence-corrected chi connectivity index (χ1v) is 3.74. The quantitative estimate of drug-likeness (QED) is 0.374. The van der Waals surface area contributed by atoms with Crippen LogP contribution in [0.15, 0.2) is 0 Å². The first-order valence-electron chi connectivity index (χ1n) is 2.05. The summed E-state index contributed by atoms with van der Waals surface area (Å²) in [6, 6.07) is 0.181. The molecule has 0 aliphatic heterocycles. The van der Waals surface area contributed by atoms with Gasteiger partial charge in [0.25, 0.3) is 0 Å². The fourth-order valence-electron chi connectivity index (χ4n) is 0.218. The number of halogens is 2. The van der Waals surface area contributed by atoms with E-state index in [9.17, 15) is 8.22 Å². The van der Waals surface area contributed by atoms with E-state index in [1.54, 1.807) is 6.92 Å². The predicted molar refractivity (Wildman–Crippen MR) is 24.5 cm³/mol. The summed E-state index contributed by atoms with van der Waals surface area (Å²) in [7, 11) is -3.17. The zero-order valence-electron chi connectivity index (χ0n) is 3.75. The van der Waals surface area contributed by atoms with E-state index < -0.39 is 9.46 Å². The molecule has 0 bridgehead atoms. The van der Waals surface area contributed by atoms with Crippen molar-refractivity contribution in [3.63, 3.8) is 0 Å². The van der Waals surface area contributed by atoms with Crippen molar-refractivity contribution in [1.29, 1.82) is 0 Å². The zero-order chi connectivity index (χ0) is 4.99. The average molecular weight is 110 g/mol. The van der Waals surface area contributed by atoms with E-state index in [0.717, 1.165) is 0 Å². The lowest BCUT2D eigenvalue weighted by Crippen LogP contribution is -1.91. The van der Waals surface area contributed by atoms with Crippen LogP contribution in [0, 0.1) is 0 Å². The van der Waals surface area contributed by atoms with E-state index in [1.807, 2.05) is 0 Å². The molecule has 0 spiro atoms. The number of hydrogen-bond acceptors (Lipinski definition) is 0. The van der Waals surface area contributed by atoms with Crippen LogP contribution in [0.4, 0.5) is 8.22 Å². The van der Waals surface area contributed by atoms with Crippen molar-refractivity contribution in [3.8, 4) is 0 Å². The Hall–Kier alpha value is 0.0769. The average Bonchev–Trinajstić information content (AvgIpc) is 1.35. The van der Waals surface area contributed by atoms with Gasteiger partial charge >= 0.3 is 9.46 Å². The van der Waals surface area contributed by atoms with Crippen LogP contribution < -0.4 is 0 Å². The second kappa shape index (κ2) is 3.27. The summed E-state index contributed by atoms with van der Waals surface area (Å²) >= 11 is 0. The zero-order valence-corrected chi connectivity index (χ0v) is 4.90. The molecule has 3 heteroatoms. The van der Waals surface area contributed by atoms with Crippen LogP contribution in [0.5, 0.6) is 0 Å². The van der Waals surface area contributed by atoms with Gasteiger partial charge < -0.3 is 0 Å². The Morgan fingerprint density at radius 2 is 2.00 bits per heavy atom. The highest BCUT2D eigenvalue weighted by Gasteiger charge is 2.01. The van der Waals surface area contributed by atoms with Gasteiger partial charge in [0.1, 0.15) is 0 Å². The van der Waals surface area contributed by atoms with Gasteiger partial charge in [-0.15, -0.1) is 0 Å². The molecule has 0 rings (SSSR count). The molecule has 0 amide bonds. The fourth-order valence-corrected chi connectivity index (χ4v) is 0.655. The van der Waals surface area contributed by atoms with E-state index in [4.69, 9.17) is 0 Å². The molecular weight excluding hydrogens is 102 g/mol. The second-order valence-electron chi connectivity index (χ2n) is 1.18. The molecule has 0 aromatic rings. The molecule has 0 saturated carbocycles. The maximum atomic E-state index is 11.2. The molecule has 0 heterocycles. The number of hydrogen-bond donors (Lipinski definition) is 0. The van der Waals surface area contributed by atoms with Gasteiger partial charge in [0.2, 0.25) is 0 Å². The molecular formula is C3H8F2Si. The van der Waals surface area contributed by atoms with Crippen LogP contribution in [-0.2, 0) is 0 Å². The van der Waals surface area contributed by atoms with Crippen molar-refractivity contribution < 1.29 is 8.22 Å². The number of rotatable bonds is 2. The highest BCUT2D eigenvalue weighted by Crippen LogP contribution is 1.96. The van der Waals surface area contributed by atoms with E-state index in [-0.39, 0.29) is 6.04 Å². The minimum atomic E-state index is -3.17. The molecule has 0 aliphatic carbocycles. The van der Waals surface area contributed by atoms with E-state index >= 15 is 0 Å². The summed E-state index contributed by atoms with van der Waals surface area (Å²) in [5.41, 5.74) is 0. The van der Waals surface area contributed by atoms with E-state index in [0.29, 0.717) is 6.42 Å². The molecule has 0 nitrogen and oxygen atoms in total. The maximum Gasteiger partial charge on any atom is 0.411 e. The Kier molecular flexibility index (Phi) is 3.32. The molecule has 0 aromatic heterocycles. The third-order valence-corrected chi connectivity index (χ3v) is 1.52. The SMILES string of the molecule is CCC[SiH](F)F. The summed E-state index contributed by atoms with van der Waals surface area (Å²) in [6.07, 6.45) is 0.643. The fraction of sp³-hybridized carbons (Fsp3) is 1.00. The molecule has 6 heavy (non-hydrogen) atoms. The Morgan fingerprint density at radius 1 is 1.50 bits per heavy atom. The lowest BCUT2D eigenvalue weighted by molar-refractivity contribution is 0.648. The van der Waals surface area contributed by atoms with Gasteiger partial charge in [0.05, 0.1) is 0 Å². The summed E-state index contributed by atoms with van der Waals surface area (Å²) < 4.78 is 22.3. The van der Waals surface area contributed by atoms with E-state index in [2.05, 4.69) is 0 Å². The maximum absolute atomic E-state index is 11.2. The molecule has 0 radical (unpaired) electrons.